The fourth-order valence-electron chi connectivity index (χ4n) is 1.75. The summed E-state index contributed by atoms with van der Waals surface area (Å²) in [6, 6.07) is 0. The molecule has 0 aromatic carbocycles. The Balaban J connectivity index is 2.11. The van der Waals surface area contributed by atoms with Crippen LogP contribution in [0.4, 0.5) is 13.2 Å². The molecule has 1 atom stereocenters. The van der Waals surface area contributed by atoms with Gasteiger partial charge in [-0.25, -0.2) is 0 Å². The van der Waals surface area contributed by atoms with Crippen molar-refractivity contribution in [2.24, 2.45) is 12.2 Å². The van der Waals surface area contributed by atoms with E-state index in [4.69, 9.17) is 28.0 Å². The Hall–Kier alpha value is -0.600. The van der Waals surface area contributed by atoms with Crippen LogP contribution in [0.3, 0.4) is 0 Å². The number of aryl methyl sites for hydroxylation is 1. The predicted molar refractivity (Wildman–Crippen MR) is 76.8 cm³/mol. The van der Waals surface area contributed by atoms with Gasteiger partial charge in [-0.1, -0.05) is 16.8 Å². The summed E-state index contributed by atoms with van der Waals surface area (Å²) in [7, 11) is 1.37. The third-order valence-corrected chi connectivity index (χ3v) is 4.92. The predicted octanol–water partition coefficient (Wildman–Crippen LogP) is 4.06. The second-order valence-corrected chi connectivity index (χ2v) is 6.54. The Morgan fingerprint density at radius 1 is 1.48 bits per heavy atom. The van der Waals surface area contributed by atoms with Crippen molar-refractivity contribution in [1.82, 2.24) is 9.78 Å². The molecule has 0 radical (unpaired) electrons. The van der Waals surface area contributed by atoms with Gasteiger partial charge in [-0.05, 0) is 6.92 Å². The van der Waals surface area contributed by atoms with Gasteiger partial charge in [-0.2, -0.15) is 18.3 Å². The number of halogens is 5. The largest absolute Gasteiger partial charge is 0.435 e. The number of oxime groups is 1. The Kier molecular flexibility index (Phi) is 4.70. The molecule has 0 saturated heterocycles. The summed E-state index contributed by atoms with van der Waals surface area (Å²) in [6.07, 6.45) is -4.08. The maximum Gasteiger partial charge on any atom is 0.435 e. The van der Waals surface area contributed by atoms with Crippen molar-refractivity contribution in [3.05, 3.63) is 16.4 Å². The second-order valence-electron chi connectivity index (χ2n) is 4.86. The summed E-state index contributed by atoms with van der Waals surface area (Å²) in [5, 5.41) is 7.83. The molecule has 2 rings (SSSR count). The van der Waals surface area contributed by atoms with Gasteiger partial charge in [0.2, 0.25) is 0 Å². The first-order valence-corrected chi connectivity index (χ1v) is 7.78. The molecular formula is C11H12Cl2F3N3OS. The molecule has 0 amide bonds. The van der Waals surface area contributed by atoms with Crippen LogP contribution >= 0.6 is 35.0 Å². The van der Waals surface area contributed by atoms with Gasteiger partial charge < -0.3 is 4.84 Å². The van der Waals surface area contributed by atoms with Crippen LogP contribution in [0.25, 0.3) is 0 Å². The quantitative estimate of drug-likeness (QED) is 0.762. The number of rotatable bonds is 3. The van der Waals surface area contributed by atoms with Crippen molar-refractivity contribution in [3.8, 4) is 0 Å². The third kappa shape index (κ3) is 3.60. The van der Waals surface area contributed by atoms with E-state index in [-0.39, 0.29) is 22.3 Å². The Morgan fingerprint density at radius 2 is 2.14 bits per heavy atom. The van der Waals surface area contributed by atoms with Crippen molar-refractivity contribution >= 4 is 40.0 Å². The zero-order valence-corrected chi connectivity index (χ0v) is 13.5. The van der Waals surface area contributed by atoms with E-state index in [2.05, 4.69) is 10.3 Å². The molecule has 0 fully saturated rings. The minimum Gasteiger partial charge on any atom is -0.387 e. The van der Waals surface area contributed by atoms with Gasteiger partial charge in [0.25, 0.3) is 0 Å². The first kappa shape index (κ1) is 16.8. The van der Waals surface area contributed by atoms with Gasteiger partial charge in [0.15, 0.2) is 11.3 Å². The minimum atomic E-state index is -4.54. The molecule has 21 heavy (non-hydrogen) atoms. The Bertz CT molecular complexity index is 576. The van der Waals surface area contributed by atoms with Crippen molar-refractivity contribution in [2.45, 2.75) is 30.9 Å². The van der Waals surface area contributed by atoms with Crippen LogP contribution in [0, 0.1) is 0 Å². The van der Waals surface area contributed by atoms with E-state index >= 15 is 0 Å². The van der Waals surface area contributed by atoms with Crippen molar-refractivity contribution in [3.63, 3.8) is 0 Å². The zero-order valence-electron chi connectivity index (χ0n) is 11.2. The van der Waals surface area contributed by atoms with E-state index in [0.717, 1.165) is 16.4 Å². The van der Waals surface area contributed by atoms with E-state index in [0.29, 0.717) is 11.5 Å². The molecule has 1 unspecified atom stereocenters. The van der Waals surface area contributed by atoms with Crippen LogP contribution in [0.5, 0.6) is 0 Å². The highest BCUT2D eigenvalue weighted by molar-refractivity contribution is 8.13. The Labute approximate surface area is 133 Å². The lowest BCUT2D eigenvalue weighted by Crippen LogP contribution is -2.26. The number of thioether (sulfide) groups is 1. The zero-order chi connectivity index (χ0) is 15.8. The molecule has 0 spiro atoms. The Morgan fingerprint density at radius 3 is 2.67 bits per heavy atom. The first-order valence-electron chi connectivity index (χ1n) is 5.88. The van der Waals surface area contributed by atoms with Crippen LogP contribution in [-0.4, -0.2) is 26.3 Å². The molecular weight excluding hydrogens is 350 g/mol. The minimum absolute atomic E-state index is 0.0159. The normalized spacial score (nSPS) is 22.3. The number of alkyl halides is 4. The molecule has 2 heterocycles. The molecule has 118 valence electrons. The maximum absolute atomic E-state index is 12.9. The van der Waals surface area contributed by atoms with Crippen molar-refractivity contribution in [1.29, 1.82) is 0 Å². The van der Waals surface area contributed by atoms with Crippen LogP contribution < -0.4 is 0 Å². The van der Waals surface area contributed by atoms with Crippen LogP contribution in [0.15, 0.2) is 5.16 Å². The van der Waals surface area contributed by atoms with Gasteiger partial charge >= 0.3 is 6.18 Å². The van der Waals surface area contributed by atoms with E-state index < -0.39 is 17.5 Å². The van der Waals surface area contributed by atoms with Gasteiger partial charge in [0.1, 0.15) is 10.2 Å². The van der Waals surface area contributed by atoms with Crippen molar-refractivity contribution in [2.75, 3.05) is 5.88 Å². The second kappa shape index (κ2) is 5.89. The lowest BCUT2D eigenvalue weighted by Gasteiger charge is -2.16. The molecule has 1 aromatic rings. The summed E-state index contributed by atoms with van der Waals surface area (Å²) in [6.45, 7) is 1.79. The topological polar surface area (TPSA) is 39.4 Å². The molecule has 1 aliphatic heterocycles. The number of aromatic nitrogens is 2. The number of nitrogens with zero attached hydrogens (tertiary/aromatic N) is 3. The highest BCUT2D eigenvalue weighted by Gasteiger charge is 2.39. The van der Waals surface area contributed by atoms with Gasteiger partial charge in [-0.15, -0.1) is 23.4 Å². The highest BCUT2D eigenvalue weighted by Crippen LogP contribution is 2.37. The van der Waals surface area contributed by atoms with Crippen molar-refractivity contribution < 1.29 is 18.0 Å². The third-order valence-electron chi connectivity index (χ3n) is 2.90. The lowest BCUT2D eigenvalue weighted by molar-refractivity contribution is -0.141. The van der Waals surface area contributed by atoms with Gasteiger partial charge in [0, 0.05) is 24.8 Å². The molecule has 0 aliphatic carbocycles. The summed E-state index contributed by atoms with van der Waals surface area (Å²) in [5.41, 5.74) is -1.63. The number of hydrogen-bond acceptors (Lipinski definition) is 4. The van der Waals surface area contributed by atoms with Gasteiger partial charge in [-0.3, -0.25) is 4.68 Å². The van der Waals surface area contributed by atoms with E-state index in [1.165, 1.54) is 7.05 Å². The first-order chi connectivity index (χ1) is 9.66. The van der Waals surface area contributed by atoms with Gasteiger partial charge in [0.05, 0.1) is 5.88 Å². The van der Waals surface area contributed by atoms with Crippen LogP contribution in [0.2, 0.25) is 5.15 Å². The fraction of sp³-hybridized carbons (Fsp3) is 0.636. The SMILES string of the molecule is Cn1nc(C(F)(F)F)c(CSC2=NOC(C)(CCl)C2)c1Cl. The maximum atomic E-state index is 12.9. The molecule has 1 aliphatic rings. The molecule has 10 heteroatoms. The van der Waals surface area contributed by atoms with E-state index in [9.17, 15) is 13.2 Å². The summed E-state index contributed by atoms with van der Waals surface area (Å²) in [4.78, 5) is 5.18. The molecule has 0 bridgehead atoms. The van der Waals surface area contributed by atoms with E-state index in [1.54, 1.807) is 6.92 Å². The molecule has 4 nitrogen and oxygen atoms in total. The fourth-order valence-corrected chi connectivity index (χ4v) is 3.25. The lowest BCUT2D eigenvalue weighted by atomic mass is 10.1. The smallest absolute Gasteiger partial charge is 0.387 e. The summed E-state index contributed by atoms with van der Waals surface area (Å²) in [5.74, 6) is 0.268. The average Bonchev–Trinajstić information content (AvgIpc) is 2.91. The standard InChI is InChI=1S/C11H12Cl2F3N3OS/c1-10(5-12)3-7(18-20-10)21-4-6-8(11(14,15)16)17-19(2)9(6)13/h3-5H2,1-2H3. The van der Waals surface area contributed by atoms with E-state index in [1.807, 2.05) is 0 Å². The monoisotopic (exact) mass is 361 g/mol. The summed E-state index contributed by atoms with van der Waals surface area (Å²) < 4.78 is 39.7. The summed E-state index contributed by atoms with van der Waals surface area (Å²) >= 11 is 12.8. The molecule has 0 saturated carbocycles. The highest BCUT2D eigenvalue weighted by atomic mass is 35.5. The average molecular weight is 362 g/mol. The van der Waals surface area contributed by atoms with Crippen LogP contribution in [-0.2, 0) is 23.8 Å². The molecule has 0 N–H and O–H groups in total. The number of hydrogen-bond donors (Lipinski definition) is 0. The molecule has 1 aromatic heterocycles. The van der Waals surface area contributed by atoms with Crippen LogP contribution in [0.1, 0.15) is 24.6 Å².